The topological polar surface area (TPSA) is 72.6 Å². The minimum Gasteiger partial charge on any atom is -0.482 e. The number of nitrogens with two attached hydrogens (primary N) is 1. The summed E-state index contributed by atoms with van der Waals surface area (Å²) in [7, 11) is 0. The number of hydrogen-bond acceptors (Lipinski definition) is 3. The van der Waals surface area contributed by atoms with Gasteiger partial charge in [-0.1, -0.05) is 23.7 Å². The number of hydrogen-bond donors (Lipinski definition) is 1. The highest BCUT2D eigenvalue weighted by Crippen LogP contribution is 2.23. The van der Waals surface area contributed by atoms with Crippen molar-refractivity contribution >= 4 is 23.4 Å². The second-order valence-electron chi connectivity index (χ2n) is 4.78. The number of amides is 2. The molecule has 0 radical (unpaired) electrons. The molecule has 2 N–H and O–H groups in total. The highest BCUT2D eigenvalue weighted by Gasteiger charge is 2.25. The van der Waals surface area contributed by atoms with E-state index in [0.717, 1.165) is 0 Å². The number of primary amides is 1. The van der Waals surface area contributed by atoms with E-state index in [1.807, 2.05) is 0 Å². The fraction of sp³-hybridized carbons (Fsp3) is 0.429. The van der Waals surface area contributed by atoms with Crippen molar-refractivity contribution in [2.24, 2.45) is 11.7 Å². The molecule has 0 unspecified atom stereocenters. The SMILES string of the molecule is NC(=O)C1CCN(C(=O)COc2ccccc2Cl)CC1. The maximum atomic E-state index is 12.0. The van der Waals surface area contributed by atoms with E-state index < -0.39 is 0 Å². The first kappa shape index (κ1) is 14.7. The molecular weight excluding hydrogens is 280 g/mol. The lowest BCUT2D eigenvalue weighted by molar-refractivity contribution is -0.136. The zero-order valence-electron chi connectivity index (χ0n) is 11.0. The molecule has 5 nitrogen and oxygen atoms in total. The second-order valence-corrected chi connectivity index (χ2v) is 5.18. The molecule has 2 rings (SSSR count). The van der Waals surface area contributed by atoms with Crippen LogP contribution in [0.5, 0.6) is 5.75 Å². The Morgan fingerprint density at radius 3 is 2.55 bits per heavy atom. The van der Waals surface area contributed by atoms with Crippen molar-refractivity contribution in [1.29, 1.82) is 0 Å². The molecule has 0 atom stereocenters. The predicted molar refractivity (Wildman–Crippen MR) is 75.4 cm³/mol. The minimum atomic E-state index is -0.288. The molecule has 0 aliphatic carbocycles. The first-order valence-electron chi connectivity index (χ1n) is 6.52. The summed E-state index contributed by atoms with van der Waals surface area (Å²) in [5.41, 5.74) is 5.26. The second kappa shape index (κ2) is 6.61. The van der Waals surface area contributed by atoms with Crippen molar-refractivity contribution in [1.82, 2.24) is 4.90 Å². The van der Waals surface area contributed by atoms with E-state index >= 15 is 0 Å². The zero-order chi connectivity index (χ0) is 14.5. The monoisotopic (exact) mass is 296 g/mol. The van der Waals surface area contributed by atoms with Gasteiger partial charge in [0.1, 0.15) is 5.75 Å². The predicted octanol–water partition coefficient (Wildman–Crippen LogP) is 1.44. The first-order chi connectivity index (χ1) is 9.58. The van der Waals surface area contributed by atoms with Crippen molar-refractivity contribution in [3.63, 3.8) is 0 Å². The maximum absolute atomic E-state index is 12.0. The van der Waals surface area contributed by atoms with Gasteiger partial charge in [-0.15, -0.1) is 0 Å². The number of rotatable bonds is 4. The third-order valence-corrected chi connectivity index (χ3v) is 3.75. The number of para-hydroxylation sites is 1. The fourth-order valence-corrected chi connectivity index (χ4v) is 2.40. The van der Waals surface area contributed by atoms with Crippen LogP contribution in [0.2, 0.25) is 5.02 Å². The summed E-state index contributed by atoms with van der Waals surface area (Å²) in [6, 6.07) is 7.02. The maximum Gasteiger partial charge on any atom is 0.260 e. The van der Waals surface area contributed by atoms with Crippen LogP contribution in [0.15, 0.2) is 24.3 Å². The molecule has 0 saturated carbocycles. The Labute approximate surface area is 122 Å². The van der Waals surface area contributed by atoms with Crippen LogP contribution in [0.3, 0.4) is 0 Å². The average molecular weight is 297 g/mol. The van der Waals surface area contributed by atoms with Crippen LogP contribution in [0.1, 0.15) is 12.8 Å². The molecule has 1 fully saturated rings. The number of likely N-dealkylation sites (tertiary alicyclic amines) is 1. The Bertz CT molecular complexity index is 499. The van der Waals surface area contributed by atoms with Gasteiger partial charge in [-0.25, -0.2) is 0 Å². The van der Waals surface area contributed by atoms with Crippen molar-refractivity contribution in [3.05, 3.63) is 29.3 Å². The van der Waals surface area contributed by atoms with Gasteiger partial charge in [0, 0.05) is 19.0 Å². The van der Waals surface area contributed by atoms with Gasteiger partial charge in [-0.3, -0.25) is 9.59 Å². The Kier molecular flexibility index (Phi) is 4.84. The van der Waals surface area contributed by atoms with Gasteiger partial charge in [0.15, 0.2) is 6.61 Å². The molecule has 108 valence electrons. The summed E-state index contributed by atoms with van der Waals surface area (Å²) in [6.45, 7) is 1.03. The number of halogens is 1. The third-order valence-electron chi connectivity index (χ3n) is 3.44. The Hall–Kier alpha value is -1.75. The van der Waals surface area contributed by atoms with Gasteiger partial charge in [0.05, 0.1) is 5.02 Å². The number of carbonyl (C=O) groups excluding carboxylic acids is 2. The highest BCUT2D eigenvalue weighted by atomic mass is 35.5. The summed E-state index contributed by atoms with van der Waals surface area (Å²) in [6.07, 6.45) is 1.24. The van der Waals surface area contributed by atoms with E-state index in [9.17, 15) is 9.59 Å². The van der Waals surface area contributed by atoms with Crippen molar-refractivity contribution in [2.45, 2.75) is 12.8 Å². The molecule has 0 bridgehead atoms. The van der Waals surface area contributed by atoms with E-state index in [1.165, 1.54) is 0 Å². The molecule has 20 heavy (non-hydrogen) atoms. The molecule has 1 aliphatic rings. The summed E-state index contributed by atoms with van der Waals surface area (Å²) in [4.78, 5) is 24.8. The highest BCUT2D eigenvalue weighted by molar-refractivity contribution is 6.32. The number of piperidine rings is 1. The average Bonchev–Trinajstić information content (AvgIpc) is 2.46. The van der Waals surface area contributed by atoms with E-state index in [-0.39, 0.29) is 24.3 Å². The molecule has 1 heterocycles. The van der Waals surface area contributed by atoms with Crippen LogP contribution in [0.25, 0.3) is 0 Å². The molecule has 1 aromatic carbocycles. The number of ether oxygens (including phenoxy) is 1. The lowest BCUT2D eigenvalue weighted by atomic mass is 9.96. The van der Waals surface area contributed by atoms with Crippen molar-refractivity contribution in [3.8, 4) is 5.75 Å². The zero-order valence-corrected chi connectivity index (χ0v) is 11.8. The van der Waals surface area contributed by atoms with Crippen LogP contribution in [0, 0.1) is 5.92 Å². The number of benzene rings is 1. The summed E-state index contributed by atoms with van der Waals surface area (Å²) >= 11 is 5.95. The van der Waals surface area contributed by atoms with Gasteiger partial charge in [-0.2, -0.15) is 0 Å². The van der Waals surface area contributed by atoms with Crippen molar-refractivity contribution < 1.29 is 14.3 Å². The Morgan fingerprint density at radius 1 is 1.30 bits per heavy atom. The van der Waals surface area contributed by atoms with Gasteiger partial charge < -0.3 is 15.4 Å². The lowest BCUT2D eigenvalue weighted by Crippen LogP contribution is -2.43. The molecule has 1 aromatic rings. The fourth-order valence-electron chi connectivity index (χ4n) is 2.21. The molecule has 0 spiro atoms. The lowest BCUT2D eigenvalue weighted by Gasteiger charge is -2.30. The van der Waals surface area contributed by atoms with E-state index in [0.29, 0.717) is 36.7 Å². The van der Waals surface area contributed by atoms with E-state index in [1.54, 1.807) is 29.2 Å². The van der Waals surface area contributed by atoms with Gasteiger partial charge in [0.2, 0.25) is 5.91 Å². The smallest absolute Gasteiger partial charge is 0.260 e. The molecule has 1 aliphatic heterocycles. The molecular formula is C14H17ClN2O3. The number of nitrogens with zero attached hydrogens (tertiary/aromatic N) is 1. The van der Waals surface area contributed by atoms with Crippen LogP contribution < -0.4 is 10.5 Å². The largest absolute Gasteiger partial charge is 0.482 e. The van der Waals surface area contributed by atoms with E-state index in [2.05, 4.69) is 0 Å². The number of carbonyl (C=O) groups is 2. The van der Waals surface area contributed by atoms with Gasteiger partial charge in [0.25, 0.3) is 5.91 Å². The standard InChI is InChI=1S/C14H17ClN2O3/c15-11-3-1-2-4-12(11)20-9-13(18)17-7-5-10(6-8-17)14(16)19/h1-4,10H,5-9H2,(H2,16,19). The molecule has 2 amide bonds. The Balaban J connectivity index is 1.82. The molecule has 6 heteroatoms. The minimum absolute atomic E-state index is 0.0506. The first-order valence-corrected chi connectivity index (χ1v) is 6.90. The summed E-state index contributed by atoms with van der Waals surface area (Å²) < 4.78 is 5.41. The third kappa shape index (κ3) is 3.63. The summed E-state index contributed by atoms with van der Waals surface area (Å²) in [5.74, 6) is -0.0182. The Morgan fingerprint density at radius 2 is 1.95 bits per heavy atom. The van der Waals surface area contributed by atoms with E-state index in [4.69, 9.17) is 22.1 Å². The molecule has 1 saturated heterocycles. The normalized spacial score (nSPS) is 15.9. The van der Waals surface area contributed by atoms with Crippen molar-refractivity contribution in [2.75, 3.05) is 19.7 Å². The quantitative estimate of drug-likeness (QED) is 0.914. The molecule has 0 aromatic heterocycles. The van der Waals surface area contributed by atoms with Crippen LogP contribution in [0.4, 0.5) is 0 Å². The van der Waals surface area contributed by atoms with Gasteiger partial charge in [-0.05, 0) is 25.0 Å². The van der Waals surface area contributed by atoms with Crippen LogP contribution in [-0.4, -0.2) is 36.4 Å². The van der Waals surface area contributed by atoms with Crippen LogP contribution >= 0.6 is 11.6 Å². The summed E-state index contributed by atoms with van der Waals surface area (Å²) in [5, 5.41) is 0.479. The van der Waals surface area contributed by atoms with Gasteiger partial charge >= 0.3 is 0 Å². The van der Waals surface area contributed by atoms with Crippen LogP contribution in [-0.2, 0) is 9.59 Å².